The Morgan fingerprint density at radius 2 is 1.95 bits per heavy atom. The molecule has 104 valence electrons. The maximum atomic E-state index is 12.4. The summed E-state index contributed by atoms with van der Waals surface area (Å²) in [7, 11) is 1.76. The number of aromatic nitrogens is 1. The quantitative estimate of drug-likeness (QED) is 0.927. The van der Waals surface area contributed by atoms with E-state index in [1.807, 2.05) is 44.2 Å². The molecule has 1 heterocycles. The second kappa shape index (κ2) is 6.19. The van der Waals surface area contributed by atoms with Crippen LogP contribution in [-0.4, -0.2) is 24.5 Å². The molecule has 0 bridgehead atoms. The van der Waals surface area contributed by atoms with E-state index in [4.69, 9.17) is 0 Å². The molecule has 0 saturated heterocycles. The summed E-state index contributed by atoms with van der Waals surface area (Å²) < 4.78 is 0. The molecule has 1 amide bonds. The minimum absolute atomic E-state index is 0.117. The van der Waals surface area contributed by atoms with Gasteiger partial charge in [-0.25, -0.2) is 0 Å². The molecule has 0 aliphatic heterocycles. The lowest BCUT2D eigenvalue weighted by Crippen LogP contribution is -2.27. The highest BCUT2D eigenvalue weighted by molar-refractivity contribution is 6.04. The van der Waals surface area contributed by atoms with Gasteiger partial charge in [-0.1, -0.05) is 17.7 Å². The summed E-state index contributed by atoms with van der Waals surface area (Å²) in [6.07, 6.45) is 1.65. The molecule has 0 unspecified atom stereocenters. The zero-order valence-corrected chi connectivity index (χ0v) is 12.1. The summed E-state index contributed by atoms with van der Waals surface area (Å²) in [6.45, 7) is 4.85. The Kier molecular flexibility index (Phi) is 4.35. The van der Waals surface area contributed by atoms with Gasteiger partial charge in [-0.3, -0.25) is 9.78 Å². The van der Waals surface area contributed by atoms with Crippen LogP contribution in [0.2, 0.25) is 0 Å². The van der Waals surface area contributed by atoms with Crippen molar-refractivity contribution >= 4 is 17.3 Å². The lowest BCUT2D eigenvalue weighted by Gasteiger charge is -2.17. The molecule has 0 aliphatic carbocycles. The Balaban J connectivity index is 2.21. The minimum atomic E-state index is -0.117. The fourth-order valence-electron chi connectivity index (χ4n) is 1.92. The van der Waals surface area contributed by atoms with Gasteiger partial charge >= 0.3 is 0 Å². The second-order valence-corrected chi connectivity index (χ2v) is 4.66. The van der Waals surface area contributed by atoms with Crippen molar-refractivity contribution in [3.05, 3.63) is 53.9 Å². The minimum Gasteiger partial charge on any atom is -0.385 e. The van der Waals surface area contributed by atoms with Gasteiger partial charge in [0.25, 0.3) is 5.91 Å². The summed E-state index contributed by atoms with van der Waals surface area (Å²) in [5, 5.41) is 3.18. The number of amides is 1. The summed E-state index contributed by atoms with van der Waals surface area (Å²) in [5.41, 5.74) is 3.37. The van der Waals surface area contributed by atoms with E-state index in [0.29, 0.717) is 5.69 Å². The first kappa shape index (κ1) is 14.1. The number of nitrogens with one attached hydrogen (secondary N) is 1. The van der Waals surface area contributed by atoms with Crippen molar-refractivity contribution in [1.82, 2.24) is 4.98 Å². The van der Waals surface area contributed by atoms with Crippen LogP contribution in [0.5, 0.6) is 0 Å². The maximum Gasteiger partial charge on any atom is 0.276 e. The van der Waals surface area contributed by atoms with Crippen molar-refractivity contribution in [2.45, 2.75) is 13.8 Å². The average molecular weight is 269 g/mol. The molecule has 1 aromatic carbocycles. The van der Waals surface area contributed by atoms with Crippen LogP contribution in [0.4, 0.5) is 11.4 Å². The van der Waals surface area contributed by atoms with Gasteiger partial charge in [0.05, 0.1) is 0 Å². The highest BCUT2D eigenvalue weighted by Crippen LogP contribution is 2.17. The van der Waals surface area contributed by atoms with Gasteiger partial charge < -0.3 is 10.2 Å². The third-order valence-electron chi connectivity index (χ3n) is 3.09. The smallest absolute Gasteiger partial charge is 0.276 e. The van der Waals surface area contributed by atoms with Crippen LogP contribution in [0.3, 0.4) is 0 Å². The van der Waals surface area contributed by atoms with Crippen molar-refractivity contribution in [2.24, 2.45) is 0 Å². The van der Waals surface area contributed by atoms with Crippen molar-refractivity contribution in [1.29, 1.82) is 0 Å². The number of anilines is 2. The van der Waals surface area contributed by atoms with E-state index in [0.717, 1.165) is 17.9 Å². The van der Waals surface area contributed by atoms with Crippen LogP contribution < -0.4 is 10.2 Å². The fraction of sp³-hybridized carbons (Fsp3) is 0.250. The lowest BCUT2D eigenvalue weighted by molar-refractivity contribution is 0.0988. The van der Waals surface area contributed by atoms with Gasteiger partial charge in [0.1, 0.15) is 5.69 Å². The molecule has 0 radical (unpaired) electrons. The van der Waals surface area contributed by atoms with E-state index in [9.17, 15) is 4.79 Å². The van der Waals surface area contributed by atoms with E-state index in [2.05, 4.69) is 10.3 Å². The van der Waals surface area contributed by atoms with E-state index in [-0.39, 0.29) is 5.91 Å². The summed E-state index contributed by atoms with van der Waals surface area (Å²) in [6, 6.07) is 11.5. The van der Waals surface area contributed by atoms with Crippen LogP contribution >= 0.6 is 0 Å². The Morgan fingerprint density at radius 1 is 1.25 bits per heavy atom. The second-order valence-electron chi connectivity index (χ2n) is 4.66. The third kappa shape index (κ3) is 3.15. The van der Waals surface area contributed by atoms with Crippen molar-refractivity contribution in [3.8, 4) is 0 Å². The number of benzene rings is 1. The molecule has 20 heavy (non-hydrogen) atoms. The Hall–Kier alpha value is -2.36. The van der Waals surface area contributed by atoms with Crippen LogP contribution in [0.15, 0.2) is 42.6 Å². The van der Waals surface area contributed by atoms with Gasteiger partial charge in [-0.05, 0) is 38.1 Å². The molecule has 4 heteroatoms. The monoisotopic (exact) mass is 269 g/mol. The van der Waals surface area contributed by atoms with Gasteiger partial charge in [-0.2, -0.15) is 0 Å². The molecular formula is C16H19N3O. The largest absolute Gasteiger partial charge is 0.385 e. The molecule has 2 aromatic rings. The predicted octanol–water partition coefficient (Wildman–Crippen LogP) is 3.10. The van der Waals surface area contributed by atoms with E-state index < -0.39 is 0 Å². The van der Waals surface area contributed by atoms with Crippen molar-refractivity contribution < 1.29 is 4.79 Å². The topological polar surface area (TPSA) is 45.2 Å². The van der Waals surface area contributed by atoms with Gasteiger partial charge in [-0.15, -0.1) is 0 Å². The zero-order valence-electron chi connectivity index (χ0n) is 12.1. The van der Waals surface area contributed by atoms with E-state index in [1.54, 1.807) is 24.2 Å². The summed E-state index contributed by atoms with van der Waals surface area (Å²) in [4.78, 5) is 18.2. The first-order valence-corrected chi connectivity index (χ1v) is 6.66. The molecular weight excluding hydrogens is 250 g/mol. The highest BCUT2D eigenvalue weighted by atomic mass is 16.2. The zero-order chi connectivity index (χ0) is 14.5. The summed E-state index contributed by atoms with van der Waals surface area (Å²) >= 11 is 0. The average Bonchev–Trinajstić information content (AvgIpc) is 2.47. The lowest BCUT2D eigenvalue weighted by atomic mass is 10.2. The normalized spacial score (nSPS) is 10.2. The SMILES string of the molecule is CCNc1ccnc(C(=O)N(C)c2ccc(C)cc2)c1. The predicted molar refractivity (Wildman–Crippen MR) is 82.3 cm³/mol. The molecule has 0 atom stereocenters. The first-order valence-electron chi connectivity index (χ1n) is 6.66. The molecule has 0 aliphatic rings. The molecule has 1 aromatic heterocycles. The summed E-state index contributed by atoms with van der Waals surface area (Å²) in [5.74, 6) is -0.117. The maximum absolute atomic E-state index is 12.4. The number of aryl methyl sites for hydroxylation is 1. The Labute approximate surface area is 119 Å². The van der Waals surface area contributed by atoms with Crippen LogP contribution in [-0.2, 0) is 0 Å². The first-order chi connectivity index (χ1) is 9.61. The van der Waals surface area contributed by atoms with E-state index >= 15 is 0 Å². The molecule has 0 fully saturated rings. The van der Waals surface area contributed by atoms with Crippen molar-refractivity contribution in [3.63, 3.8) is 0 Å². The van der Waals surface area contributed by atoms with Gasteiger partial charge in [0.2, 0.25) is 0 Å². The molecule has 2 rings (SSSR count). The van der Waals surface area contributed by atoms with Crippen molar-refractivity contribution in [2.75, 3.05) is 23.8 Å². The molecule has 4 nitrogen and oxygen atoms in total. The number of nitrogens with zero attached hydrogens (tertiary/aromatic N) is 2. The van der Waals surface area contributed by atoms with Gasteiger partial charge in [0, 0.05) is 31.2 Å². The van der Waals surface area contributed by atoms with Gasteiger partial charge in [0.15, 0.2) is 0 Å². The van der Waals surface area contributed by atoms with Crippen LogP contribution in [0.1, 0.15) is 23.0 Å². The van der Waals surface area contributed by atoms with Crippen LogP contribution in [0, 0.1) is 6.92 Å². The number of hydrogen-bond acceptors (Lipinski definition) is 3. The number of carbonyl (C=O) groups is 1. The molecule has 0 saturated carbocycles. The number of carbonyl (C=O) groups excluding carboxylic acids is 1. The standard InChI is InChI=1S/C16H19N3O/c1-4-17-13-9-10-18-15(11-13)16(20)19(3)14-7-5-12(2)6-8-14/h5-11H,4H2,1-3H3,(H,17,18). The fourth-order valence-corrected chi connectivity index (χ4v) is 1.92. The highest BCUT2D eigenvalue weighted by Gasteiger charge is 2.15. The number of hydrogen-bond donors (Lipinski definition) is 1. The Morgan fingerprint density at radius 3 is 2.60 bits per heavy atom. The molecule has 0 spiro atoms. The number of pyridine rings is 1. The number of rotatable bonds is 4. The van der Waals surface area contributed by atoms with E-state index in [1.165, 1.54) is 5.56 Å². The third-order valence-corrected chi connectivity index (χ3v) is 3.09. The molecule has 1 N–H and O–H groups in total. The van der Waals surface area contributed by atoms with Crippen LogP contribution in [0.25, 0.3) is 0 Å². The Bertz CT molecular complexity index is 593.